The molecular weight excluding hydrogens is 268 g/mol. The zero-order chi connectivity index (χ0) is 15.0. The molecular formula is C16H26N2O3. The van der Waals surface area contributed by atoms with E-state index >= 15 is 0 Å². The highest BCUT2D eigenvalue weighted by molar-refractivity contribution is 5.76. The van der Waals surface area contributed by atoms with Crippen LogP contribution < -0.4 is 0 Å². The molecule has 3 rings (SSSR count). The summed E-state index contributed by atoms with van der Waals surface area (Å²) >= 11 is 0. The quantitative estimate of drug-likeness (QED) is 0.851. The number of carboxylic acids is 1. The SMILES string of the molecule is CC(C(=O)O)C1CN(C(=O)N2CCC3(CCCC3)CC2)C1. The number of hydrogen-bond acceptors (Lipinski definition) is 2. The predicted molar refractivity (Wildman–Crippen MR) is 79.0 cm³/mol. The van der Waals surface area contributed by atoms with Crippen molar-refractivity contribution in [2.24, 2.45) is 17.3 Å². The number of piperidine rings is 1. The van der Waals surface area contributed by atoms with Crippen molar-refractivity contribution >= 4 is 12.0 Å². The van der Waals surface area contributed by atoms with E-state index in [2.05, 4.69) is 0 Å². The lowest BCUT2D eigenvalue weighted by molar-refractivity contribution is -0.145. The van der Waals surface area contributed by atoms with Gasteiger partial charge in [-0.25, -0.2) is 4.79 Å². The molecule has 1 N–H and O–H groups in total. The zero-order valence-corrected chi connectivity index (χ0v) is 12.9. The summed E-state index contributed by atoms with van der Waals surface area (Å²) in [6, 6.07) is 0.122. The normalized spacial score (nSPS) is 26.7. The average molecular weight is 294 g/mol. The van der Waals surface area contributed by atoms with Crippen LogP contribution in [-0.2, 0) is 4.79 Å². The molecule has 3 aliphatic rings. The Labute approximate surface area is 126 Å². The van der Waals surface area contributed by atoms with E-state index in [1.54, 1.807) is 6.92 Å². The number of likely N-dealkylation sites (tertiary alicyclic amines) is 2. The van der Waals surface area contributed by atoms with E-state index in [9.17, 15) is 9.59 Å². The second-order valence-electron chi connectivity index (χ2n) is 7.27. The molecule has 1 unspecified atom stereocenters. The van der Waals surface area contributed by atoms with Crippen LogP contribution in [0.5, 0.6) is 0 Å². The zero-order valence-electron chi connectivity index (χ0n) is 12.9. The number of rotatable bonds is 2. The fourth-order valence-electron chi connectivity index (χ4n) is 4.18. The molecule has 2 heterocycles. The van der Waals surface area contributed by atoms with Gasteiger partial charge in [-0.05, 0) is 31.1 Å². The summed E-state index contributed by atoms with van der Waals surface area (Å²) in [6.07, 6.45) is 7.71. The standard InChI is InChI=1S/C16H26N2O3/c1-12(14(19)20)13-10-18(11-13)15(21)17-8-6-16(7-9-17)4-2-3-5-16/h12-13H,2-11H2,1H3,(H,19,20). The number of aliphatic carboxylic acids is 1. The van der Waals surface area contributed by atoms with Crippen LogP contribution in [-0.4, -0.2) is 53.1 Å². The van der Waals surface area contributed by atoms with E-state index in [4.69, 9.17) is 5.11 Å². The minimum atomic E-state index is -0.756. The largest absolute Gasteiger partial charge is 0.481 e. The predicted octanol–water partition coefficient (Wildman–Crippen LogP) is 2.42. The highest BCUT2D eigenvalue weighted by Crippen LogP contribution is 2.46. The Balaban J connectivity index is 1.46. The van der Waals surface area contributed by atoms with Crippen LogP contribution in [0.1, 0.15) is 45.4 Å². The van der Waals surface area contributed by atoms with E-state index in [1.165, 1.54) is 25.7 Å². The summed E-state index contributed by atoms with van der Waals surface area (Å²) in [5, 5.41) is 8.99. The molecule has 1 aliphatic carbocycles. The molecule has 0 radical (unpaired) electrons. The Morgan fingerprint density at radius 3 is 2.14 bits per heavy atom. The van der Waals surface area contributed by atoms with E-state index < -0.39 is 5.97 Å². The van der Waals surface area contributed by atoms with Gasteiger partial charge in [-0.15, -0.1) is 0 Å². The smallest absolute Gasteiger partial charge is 0.320 e. The Hall–Kier alpha value is -1.26. The van der Waals surface area contributed by atoms with E-state index in [-0.39, 0.29) is 17.9 Å². The molecule has 5 nitrogen and oxygen atoms in total. The Kier molecular flexibility index (Phi) is 3.84. The van der Waals surface area contributed by atoms with Crippen molar-refractivity contribution in [2.75, 3.05) is 26.2 Å². The number of urea groups is 1. The molecule has 2 aliphatic heterocycles. The first-order chi connectivity index (χ1) is 10.0. The van der Waals surface area contributed by atoms with Gasteiger partial charge in [0.15, 0.2) is 0 Å². The van der Waals surface area contributed by atoms with Gasteiger partial charge < -0.3 is 14.9 Å². The minimum absolute atomic E-state index is 0.122. The van der Waals surface area contributed by atoms with Gasteiger partial charge in [0.25, 0.3) is 0 Å². The van der Waals surface area contributed by atoms with Crippen LogP contribution >= 0.6 is 0 Å². The van der Waals surface area contributed by atoms with E-state index in [1.807, 2.05) is 9.80 Å². The van der Waals surface area contributed by atoms with Crippen molar-refractivity contribution < 1.29 is 14.7 Å². The number of nitrogens with zero attached hydrogens (tertiary/aromatic N) is 2. The summed E-state index contributed by atoms with van der Waals surface area (Å²) in [5.41, 5.74) is 0.534. The van der Waals surface area contributed by atoms with Crippen molar-refractivity contribution in [1.29, 1.82) is 0 Å². The van der Waals surface area contributed by atoms with Crippen LogP contribution in [0.15, 0.2) is 0 Å². The molecule has 3 fully saturated rings. The van der Waals surface area contributed by atoms with Gasteiger partial charge in [0.1, 0.15) is 0 Å². The molecule has 118 valence electrons. The third-order valence-corrected chi connectivity index (χ3v) is 6.04. The Morgan fingerprint density at radius 1 is 1.05 bits per heavy atom. The topological polar surface area (TPSA) is 60.9 Å². The van der Waals surface area contributed by atoms with Gasteiger partial charge in [0.2, 0.25) is 0 Å². The van der Waals surface area contributed by atoms with Gasteiger partial charge in [-0.1, -0.05) is 19.8 Å². The highest BCUT2D eigenvalue weighted by Gasteiger charge is 2.42. The van der Waals surface area contributed by atoms with Crippen molar-refractivity contribution in [2.45, 2.75) is 45.4 Å². The summed E-state index contributed by atoms with van der Waals surface area (Å²) in [4.78, 5) is 27.2. The molecule has 1 spiro atoms. The lowest BCUT2D eigenvalue weighted by atomic mass is 9.77. The first-order valence-corrected chi connectivity index (χ1v) is 8.27. The van der Waals surface area contributed by atoms with E-state index in [0.29, 0.717) is 18.5 Å². The molecule has 2 amide bonds. The summed E-state index contributed by atoms with van der Waals surface area (Å²) < 4.78 is 0. The van der Waals surface area contributed by atoms with Crippen LogP contribution in [0.2, 0.25) is 0 Å². The van der Waals surface area contributed by atoms with Crippen molar-refractivity contribution in [1.82, 2.24) is 9.80 Å². The molecule has 0 aromatic rings. The number of hydrogen-bond donors (Lipinski definition) is 1. The fraction of sp³-hybridized carbons (Fsp3) is 0.875. The molecule has 0 bridgehead atoms. The first kappa shape index (κ1) is 14.7. The highest BCUT2D eigenvalue weighted by atomic mass is 16.4. The minimum Gasteiger partial charge on any atom is -0.481 e. The third kappa shape index (κ3) is 2.74. The lowest BCUT2D eigenvalue weighted by Gasteiger charge is -2.46. The Bertz CT molecular complexity index is 415. The monoisotopic (exact) mass is 294 g/mol. The third-order valence-electron chi connectivity index (χ3n) is 6.04. The van der Waals surface area contributed by atoms with Crippen molar-refractivity contribution in [3.63, 3.8) is 0 Å². The van der Waals surface area contributed by atoms with Gasteiger partial charge >= 0.3 is 12.0 Å². The molecule has 21 heavy (non-hydrogen) atoms. The van der Waals surface area contributed by atoms with Gasteiger partial charge in [0, 0.05) is 32.1 Å². The Morgan fingerprint density at radius 2 is 1.62 bits per heavy atom. The molecule has 1 saturated carbocycles. The maximum absolute atomic E-state index is 12.4. The number of carbonyl (C=O) groups is 2. The average Bonchev–Trinajstić information content (AvgIpc) is 2.86. The number of carbonyl (C=O) groups excluding carboxylic acids is 1. The molecule has 0 aromatic carbocycles. The number of amides is 2. The maximum Gasteiger partial charge on any atom is 0.320 e. The molecule has 0 aromatic heterocycles. The molecule has 5 heteroatoms. The van der Waals surface area contributed by atoms with Crippen LogP contribution in [0, 0.1) is 17.3 Å². The summed E-state index contributed by atoms with van der Waals surface area (Å²) in [7, 11) is 0. The lowest BCUT2D eigenvalue weighted by Crippen LogP contribution is -2.58. The van der Waals surface area contributed by atoms with Crippen molar-refractivity contribution in [3.8, 4) is 0 Å². The first-order valence-electron chi connectivity index (χ1n) is 8.27. The second-order valence-corrected chi connectivity index (χ2v) is 7.27. The van der Waals surface area contributed by atoms with Gasteiger partial charge in [0.05, 0.1) is 5.92 Å². The van der Waals surface area contributed by atoms with Gasteiger partial charge in [-0.2, -0.15) is 0 Å². The maximum atomic E-state index is 12.4. The molecule has 2 saturated heterocycles. The van der Waals surface area contributed by atoms with Gasteiger partial charge in [-0.3, -0.25) is 4.79 Å². The number of carboxylic acid groups (broad SMARTS) is 1. The summed E-state index contributed by atoms with van der Waals surface area (Å²) in [5.74, 6) is -0.983. The van der Waals surface area contributed by atoms with Crippen LogP contribution in [0.3, 0.4) is 0 Å². The molecule has 1 atom stereocenters. The second kappa shape index (κ2) is 5.50. The van der Waals surface area contributed by atoms with Crippen LogP contribution in [0.4, 0.5) is 4.79 Å². The van der Waals surface area contributed by atoms with Crippen LogP contribution in [0.25, 0.3) is 0 Å². The fourth-order valence-corrected chi connectivity index (χ4v) is 4.18. The van der Waals surface area contributed by atoms with Crippen molar-refractivity contribution in [3.05, 3.63) is 0 Å². The summed E-state index contributed by atoms with van der Waals surface area (Å²) in [6.45, 7) is 4.71. The van der Waals surface area contributed by atoms with E-state index in [0.717, 1.165) is 25.9 Å².